The summed E-state index contributed by atoms with van der Waals surface area (Å²) in [7, 11) is 0. The van der Waals surface area contributed by atoms with E-state index in [-0.39, 0.29) is 5.92 Å². The molecule has 4 heterocycles. The Bertz CT molecular complexity index is 1770. The van der Waals surface area contributed by atoms with E-state index in [9.17, 15) is 14.7 Å². The first-order valence-corrected chi connectivity index (χ1v) is 13.9. The third-order valence-corrected chi connectivity index (χ3v) is 8.48. The zero-order chi connectivity index (χ0) is 28.6. The molecule has 1 aliphatic carbocycles. The van der Waals surface area contributed by atoms with E-state index in [1.54, 1.807) is 24.3 Å². The van der Waals surface area contributed by atoms with Crippen LogP contribution in [0.5, 0.6) is 0 Å². The topological polar surface area (TPSA) is 129 Å². The van der Waals surface area contributed by atoms with Gasteiger partial charge in [-0.1, -0.05) is 46.2 Å². The molecule has 0 amide bonds. The van der Waals surface area contributed by atoms with E-state index in [4.69, 9.17) is 14.1 Å². The lowest BCUT2D eigenvalue weighted by atomic mass is 9.78. The second kappa shape index (κ2) is 9.42. The number of nitrogens with zero attached hydrogens (tertiary/aromatic N) is 5. The molecule has 6 atom stereocenters. The van der Waals surface area contributed by atoms with E-state index in [1.807, 2.05) is 19.1 Å². The Morgan fingerprint density at radius 3 is 2.54 bits per heavy atom. The van der Waals surface area contributed by atoms with Crippen LogP contribution in [-0.2, 0) is 16.1 Å². The molecular weight excluding hydrogens is 526 g/mol. The van der Waals surface area contributed by atoms with E-state index >= 15 is 0 Å². The van der Waals surface area contributed by atoms with Gasteiger partial charge in [-0.25, -0.2) is 23.5 Å². The monoisotopic (exact) mass is 557 g/mol. The van der Waals surface area contributed by atoms with E-state index in [0.717, 1.165) is 27.0 Å². The number of aryl methyl sites for hydroxylation is 3. The molecule has 0 unspecified atom stereocenters. The minimum absolute atomic E-state index is 0.300. The van der Waals surface area contributed by atoms with Gasteiger partial charge in [0.2, 0.25) is 0 Å². The average Bonchev–Trinajstić information content (AvgIpc) is 3.53. The second-order valence-corrected chi connectivity index (χ2v) is 11.3. The summed E-state index contributed by atoms with van der Waals surface area (Å²) in [5, 5.41) is 20.0. The van der Waals surface area contributed by atoms with Gasteiger partial charge < -0.3 is 19.2 Å². The molecule has 11 nitrogen and oxygen atoms in total. The number of para-hydroxylation sites is 1. The Hall–Kier alpha value is -4.22. The molecule has 41 heavy (non-hydrogen) atoms. The summed E-state index contributed by atoms with van der Waals surface area (Å²) in [6.07, 6.45) is -1.92. The number of aliphatic hydroxyl groups excluding tert-OH is 1. The number of oxime groups is 1. The molecule has 212 valence electrons. The summed E-state index contributed by atoms with van der Waals surface area (Å²) in [5.41, 5.74) is 5.36. The molecule has 11 heteroatoms. The maximum absolute atomic E-state index is 13.6. The second-order valence-electron chi connectivity index (χ2n) is 11.3. The number of rotatable bonds is 5. The summed E-state index contributed by atoms with van der Waals surface area (Å²) >= 11 is 0. The molecule has 0 bridgehead atoms. The zero-order valence-corrected chi connectivity index (χ0v) is 23.2. The van der Waals surface area contributed by atoms with E-state index in [0.29, 0.717) is 30.1 Å². The normalized spacial score (nSPS) is 26.3. The van der Waals surface area contributed by atoms with Crippen molar-refractivity contribution < 1.29 is 19.2 Å². The molecular formula is C30H31N5O6. The summed E-state index contributed by atoms with van der Waals surface area (Å²) in [4.78, 5) is 32.7. The molecule has 2 aliphatic heterocycles. The maximum atomic E-state index is 13.6. The Kier molecular flexibility index (Phi) is 5.91. The molecule has 7 rings (SSSR count). The summed E-state index contributed by atoms with van der Waals surface area (Å²) in [5.74, 6) is 0.186. The highest BCUT2D eigenvalue weighted by atomic mass is 16.7. The van der Waals surface area contributed by atoms with Crippen LogP contribution in [0, 0.1) is 26.7 Å². The molecule has 0 radical (unpaired) electrons. The van der Waals surface area contributed by atoms with Crippen LogP contribution in [0.4, 0.5) is 0 Å². The smallest absolute Gasteiger partial charge is 0.352 e. The fourth-order valence-corrected chi connectivity index (χ4v) is 6.61. The minimum atomic E-state index is -0.963. The number of hydrogen-bond donors (Lipinski definition) is 1. The summed E-state index contributed by atoms with van der Waals surface area (Å²) in [6, 6.07) is 14.2. The zero-order valence-electron chi connectivity index (χ0n) is 23.2. The summed E-state index contributed by atoms with van der Waals surface area (Å²) < 4.78 is 15.4. The van der Waals surface area contributed by atoms with Crippen molar-refractivity contribution in [3.05, 3.63) is 92.0 Å². The first kappa shape index (κ1) is 25.7. The van der Waals surface area contributed by atoms with Crippen LogP contribution in [0.1, 0.15) is 47.9 Å². The van der Waals surface area contributed by atoms with Gasteiger partial charge in [-0.05, 0) is 57.4 Å². The van der Waals surface area contributed by atoms with Gasteiger partial charge in [0.1, 0.15) is 24.0 Å². The first-order valence-electron chi connectivity index (χ1n) is 13.9. The molecule has 2 fully saturated rings. The third-order valence-electron chi connectivity index (χ3n) is 8.48. The predicted octanol–water partition coefficient (Wildman–Crippen LogP) is 3.22. The van der Waals surface area contributed by atoms with Gasteiger partial charge in [0.05, 0.1) is 17.4 Å². The van der Waals surface area contributed by atoms with Crippen molar-refractivity contribution in [1.82, 2.24) is 19.1 Å². The van der Waals surface area contributed by atoms with Gasteiger partial charge in [-0.3, -0.25) is 0 Å². The van der Waals surface area contributed by atoms with Crippen molar-refractivity contribution in [2.24, 2.45) is 11.1 Å². The molecule has 4 aromatic rings. The molecule has 2 aromatic heterocycles. The van der Waals surface area contributed by atoms with E-state index in [2.05, 4.69) is 43.2 Å². The number of ether oxygens (including phenoxy) is 1. The number of aliphatic hydroxyl groups is 1. The van der Waals surface area contributed by atoms with Crippen LogP contribution in [0.3, 0.4) is 0 Å². The molecule has 1 N–H and O–H groups in total. The number of benzene rings is 2. The molecule has 2 aromatic carbocycles. The van der Waals surface area contributed by atoms with Crippen molar-refractivity contribution >= 4 is 5.71 Å². The molecule has 3 aliphatic rings. The van der Waals surface area contributed by atoms with Crippen LogP contribution in [-0.4, -0.2) is 48.2 Å². The predicted molar refractivity (Wildman–Crippen MR) is 149 cm³/mol. The maximum Gasteiger partial charge on any atom is 0.352 e. The fourth-order valence-electron chi connectivity index (χ4n) is 6.61. The average molecular weight is 558 g/mol. The highest BCUT2D eigenvalue weighted by Crippen LogP contribution is 2.46. The Balaban J connectivity index is 1.18. The SMILES string of the molecule is Cc1cc(C)c(-c2cc([C@H](C)O/N=C3/[C@H]4O[C@@H]4[C@@H](O)[C@H]4[C@H]3CCn3c(=O)n(-c5ccccc5)c(=O)n34)on2)c(C)c1. The highest BCUT2D eigenvalue weighted by molar-refractivity contribution is 5.94. The number of hydrogen-bond acceptors (Lipinski definition) is 8. The van der Waals surface area contributed by atoms with E-state index < -0.39 is 41.8 Å². The molecule has 1 saturated heterocycles. The fraction of sp³-hybridized carbons (Fsp3) is 0.400. The van der Waals surface area contributed by atoms with E-state index in [1.165, 1.54) is 14.9 Å². The van der Waals surface area contributed by atoms with Crippen molar-refractivity contribution in [3.63, 3.8) is 0 Å². The summed E-state index contributed by atoms with van der Waals surface area (Å²) in [6.45, 7) is 8.30. The lowest BCUT2D eigenvalue weighted by molar-refractivity contribution is 0.0266. The van der Waals surface area contributed by atoms with Crippen molar-refractivity contribution in [3.8, 4) is 16.9 Å². The standard InChI is InChI=1S/C30H31N5O6/c1-15-12-16(2)23(17(3)13-15)21-14-22(41-31-21)18(4)40-32-24-20-10-11-33-29(37)34(19-8-6-5-7-9-19)30(38)35(33)25(20)26(36)28-27(24)39-28/h5-9,12-14,18,20,25-28,36H,10-11H2,1-4H3/b32-24+/t18-,20-,25+,26-,27+,28+/m0/s1. The Morgan fingerprint density at radius 1 is 1.07 bits per heavy atom. The van der Waals surface area contributed by atoms with Gasteiger partial charge >= 0.3 is 11.4 Å². The lowest BCUT2D eigenvalue weighted by Gasteiger charge is -2.38. The Morgan fingerprint density at radius 2 is 1.80 bits per heavy atom. The van der Waals surface area contributed by atoms with Crippen LogP contribution < -0.4 is 11.4 Å². The van der Waals surface area contributed by atoms with Crippen molar-refractivity contribution in [2.45, 2.75) is 71.1 Å². The third kappa shape index (κ3) is 4.02. The van der Waals surface area contributed by atoms with Crippen LogP contribution in [0.2, 0.25) is 0 Å². The first-order chi connectivity index (χ1) is 19.7. The van der Waals surface area contributed by atoms with Gasteiger partial charge in [0.15, 0.2) is 11.9 Å². The van der Waals surface area contributed by atoms with Crippen molar-refractivity contribution in [2.75, 3.05) is 0 Å². The minimum Gasteiger partial charge on any atom is -0.388 e. The number of aromatic nitrogens is 4. The molecule has 1 saturated carbocycles. The highest BCUT2D eigenvalue weighted by Gasteiger charge is 2.61. The largest absolute Gasteiger partial charge is 0.388 e. The van der Waals surface area contributed by atoms with Crippen LogP contribution in [0.15, 0.2) is 67.8 Å². The van der Waals surface area contributed by atoms with Gasteiger partial charge in [-0.15, -0.1) is 0 Å². The van der Waals surface area contributed by atoms with Crippen molar-refractivity contribution in [1.29, 1.82) is 0 Å². The molecule has 0 spiro atoms. The van der Waals surface area contributed by atoms with Crippen LogP contribution in [0.25, 0.3) is 16.9 Å². The quantitative estimate of drug-likeness (QED) is 0.295. The Labute approximate surface area is 235 Å². The number of epoxide rings is 1. The van der Waals surface area contributed by atoms with Gasteiger partial charge in [0.25, 0.3) is 0 Å². The van der Waals surface area contributed by atoms with Gasteiger partial charge in [-0.2, -0.15) is 0 Å². The lowest BCUT2D eigenvalue weighted by Crippen LogP contribution is -2.53. The van der Waals surface area contributed by atoms with Crippen LogP contribution >= 0.6 is 0 Å². The van der Waals surface area contributed by atoms with Gasteiger partial charge in [0, 0.05) is 24.1 Å². The number of fused-ring (bicyclic) bond motifs is 4.